The molecular weight excluding hydrogens is 208 g/mol. The van der Waals surface area contributed by atoms with Gasteiger partial charge in [-0.2, -0.15) is 0 Å². The van der Waals surface area contributed by atoms with Crippen LogP contribution >= 0.6 is 0 Å². The minimum absolute atomic E-state index is 0.673. The molecule has 1 aliphatic heterocycles. The molecule has 2 unspecified atom stereocenters. The van der Waals surface area contributed by atoms with Crippen molar-refractivity contribution in [1.82, 2.24) is 10.2 Å². The molecule has 1 saturated heterocycles. The lowest BCUT2D eigenvalue weighted by Crippen LogP contribution is -2.49. The van der Waals surface area contributed by atoms with E-state index in [0.717, 1.165) is 12.0 Å². The first kappa shape index (κ1) is 13.4. The summed E-state index contributed by atoms with van der Waals surface area (Å²) >= 11 is 0. The smallest absolute Gasteiger partial charge is 0.0114 e. The molecule has 1 saturated carbocycles. The Balaban J connectivity index is 1.87. The quantitative estimate of drug-likeness (QED) is 0.810. The third-order valence-electron chi connectivity index (χ3n) is 5.33. The van der Waals surface area contributed by atoms with Gasteiger partial charge in [0.15, 0.2) is 0 Å². The molecule has 100 valence electrons. The van der Waals surface area contributed by atoms with Crippen LogP contribution in [-0.4, -0.2) is 37.6 Å². The van der Waals surface area contributed by atoms with Gasteiger partial charge in [0, 0.05) is 19.1 Å². The van der Waals surface area contributed by atoms with E-state index in [0.29, 0.717) is 5.41 Å². The summed E-state index contributed by atoms with van der Waals surface area (Å²) < 4.78 is 0. The number of nitrogens with zero attached hydrogens (tertiary/aromatic N) is 1. The minimum atomic E-state index is 0.673. The normalized spacial score (nSPS) is 34.1. The highest BCUT2D eigenvalue weighted by Gasteiger charge is 2.35. The molecule has 0 aromatic heterocycles. The average molecular weight is 238 g/mol. The van der Waals surface area contributed by atoms with Crippen molar-refractivity contribution in [2.24, 2.45) is 11.3 Å². The maximum atomic E-state index is 3.46. The summed E-state index contributed by atoms with van der Waals surface area (Å²) in [6.07, 6.45) is 8.60. The summed E-state index contributed by atoms with van der Waals surface area (Å²) in [4.78, 5) is 2.74. The Morgan fingerprint density at radius 1 is 1.29 bits per heavy atom. The van der Waals surface area contributed by atoms with Crippen molar-refractivity contribution >= 4 is 0 Å². The van der Waals surface area contributed by atoms with E-state index >= 15 is 0 Å². The van der Waals surface area contributed by atoms with Crippen LogP contribution in [0.4, 0.5) is 0 Å². The fourth-order valence-electron chi connectivity index (χ4n) is 4.03. The summed E-state index contributed by atoms with van der Waals surface area (Å²) in [5.74, 6) is 0.809. The number of piperidine rings is 1. The molecule has 2 nitrogen and oxygen atoms in total. The van der Waals surface area contributed by atoms with Crippen molar-refractivity contribution in [3.63, 3.8) is 0 Å². The highest BCUT2D eigenvalue weighted by Crippen LogP contribution is 2.42. The Bertz CT molecular complexity index is 233. The predicted octanol–water partition coefficient (Wildman–Crippen LogP) is 2.89. The van der Waals surface area contributed by atoms with Gasteiger partial charge in [0.1, 0.15) is 0 Å². The second kappa shape index (κ2) is 5.71. The molecule has 2 fully saturated rings. The van der Waals surface area contributed by atoms with Gasteiger partial charge >= 0.3 is 0 Å². The zero-order valence-electron chi connectivity index (χ0n) is 12.0. The summed E-state index contributed by atoms with van der Waals surface area (Å²) in [7, 11) is 2.11. The lowest BCUT2D eigenvalue weighted by molar-refractivity contribution is 0.0902. The molecule has 0 bridgehead atoms. The van der Waals surface area contributed by atoms with Crippen LogP contribution in [0.1, 0.15) is 52.4 Å². The first-order valence-electron chi connectivity index (χ1n) is 7.59. The van der Waals surface area contributed by atoms with Crippen LogP contribution in [0.25, 0.3) is 0 Å². The molecule has 1 heterocycles. The van der Waals surface area contributed by atoms with E-state index in [9.17, 15) is 0 Å². The highest BCUT2D eigenvalue weighted by atomic mass is 15.2. The van der Waals surface area contributed by atoms with Gasteiger partial charge < -0.3 is 10.2 Å². The summed E-state index contributed by atoms with van der Waals surface area (Å²) in [5.41, 5.74) is 0.673. The maximum absolute atomic E-state index is 3.46. The first-order chi connectivity index (χ1) is 8.19. The molecule has 2 heteroatoms. The molecule has 2 rings (SSSR count). The van der Waals surface area contributed by atoms with E-state index in [1.165, 1.54) is 58.2 Å². The average Bonchev–Trinajstić information content (AvgIpc) is 2.79. The van der Waals surface area contributed by atoms with Crippen LogP contribution in [0.5, 0.6) is 0 Å². The highest BCUT2D eigenvalue weighted by molar-refractivity contribution is 4.90. The Kier molecular flexibility index (Phi) is 4.48. The number of hydrogen-bond acceptors (Lipinski definition) is 2. The zero-order chi connectivity index (χ0) is 12.3. The van der Waals surface area contributed by atoms with Crippen molar-refractivity contribution < 1.29 is 0 Å². The fraction of sp³-hybridized carbons (Fsp3) is 1.00. The lowest BCUT2D eigenvalue weighted by Gasteiger charge is -2.41. The summed E-state index contributed by atoms with van der Waals surface area (Å²) in [5, 5.41) is 3.46. The number of hydrogen-bond donors (Lipinski definition) is 1. The van der Waals surface area contributed by atoms with E-state index in [-0.39, 0.29) is 0 Å². The van der Waals surface area contributed by atoms with Crippen LogP contribution in [0.3, 0.4) is 0 Å². The van der Waals surface area contributed by atoms with E-state index in [2.05, 4.69) is 31.1 Å². The van der Waals surface area contributed by atoms with Crippen LogP contribution < -0.4 is 5.32 Å². The number of rotatable bonds is 4. The monoisotopic (exact) mass is 238 g/mol. The summed E-state index contributed by atoms with van der Waals surface area (Å²) in [6, 6.07) is 0.743. The van der Waals surface area contributed by atoms with Crippen LogP contribution in [0.15, 0.2) is 0 Å². The van der Waals surface area contributed by atoms with Gasteiger partial charge in [-0.05, 0) is 50.6 Å². The molecule has 0 amide bonds. The van der Waals surface area contributed by atoms with Crippen molar-refractivity contribution in [3.05, 3.63) is 0 Å². The number of likely N-dealkylation sites (tertiary alicyclic amines) is 1. The standard InChI is InChI=1S/C15H30N2/c1-4-15(8-5-6-9-15)12-17-10-7-14(16-3)13(2)11-17/h13-14,16H,4-12H2,1-3H3. The molecule has 0 aromatic rings. The van der Waals surface area contributed by atoms with Crippen LogP contribution in [0.2, 0.25) is 0 Å². The Labute approximate surface area is 107 Å². The maximum Gasteiger partial charge on any atom is 0.0114 e. The van der Waals surface area contributed by atoms with Crippen LogP contribution in [0, 0.1) is 11.3 Å². The molecular formula is C15H30N2. The van der Waals surface area contributed by atoms with E-state index in [1.807, 2.05) is 0 Å². The topological polar surface area (TPSA) is 15.3 Å². The van der Waals surface area contributed by atoms with Gasteiger partial charge in [0.05, 0.1) is 0 Å². The second-order valence-electron chi connectivity index (χ2n) is 6.46. The lowest BCUT2D eigenvalue weighted by atomic mass is 9.81. The molecule has 0 aromatic carbocycles. The largest absolute Gasteiger partial charge is 0.317 e. The van der Waals surface area contributed by atoms with Crippen molar-refractivity contribution in [3.8, 4) is 0 Å². The van der Waals surface area contributed by atoms with Gasteiger partial charge in [0.2, 0.25) is 0 Å². The SMILES string of the molecule is CCC1(CN2CCC(NC)C(C)C2)CCCC1. The molecule has 1 aliphatic carbocycles. The van der Waals surface area contributed by atoms with Crippen molar-refractivity contribution in [2.45, 2.75) is 58.4 Å². The van der Waals surface area contributed by atoms with Crippen molar-refractivity contribution in [1.29, 1.82) is 0 Å². The van der Waals surface area contributed by atoms with E-state index in [1.54, 1.807) is 0 Å². The van der Waals surface area contributed by atoms with Gasteiger partial charge in [0.25, 0.3) is 0 Å². The predicted molar refractivity (Wildman–Crippen MR) is 74.3 cm³/mol. The van der Waals surface area contributed by atoms with Gasteiger partial charge in [-0.1, -0.05) is 26.7 Å². The first-order valence-corrected chi connectivity index (χ1v) is 7.59. The summed E-state index contributed by atoms with van der Waals surface area (Å²) in [6.45, 7) is 8.77. The van der Waals surface area contributed by atoms with E-state index < -0.39 is 0 Å². The molecule has 2 aliphatic rings. The zero-order valence-corrected chi connectivity index (χ0v) is 12.0. The second-order valence-corrected chi connectivity index (χ2v) is 6.46. The third-order valence-corrected chi connectivity index (χ3v) is 5.33. The van der Waals surface area contributed by atoms with E-state index in [4.69, 9.17) is 0 Å². The third kappa shape index (κ3) is 3.03. The molecule has 17 heavy (non-hydrogen) atoms. The Morgan fingerprint density at radius 3 is 2.53 bits per heavy atom. The van der Waals surface area contributed by atoms with Gasteiger partial charge in [-0.15, -0.1) is 0 Å². The molecule has 2 atom stereocenters. The number of nitrogens with one attached hydrogen (secondary N) is 1. The Hall–Kier alpha value is -0.0800. The molecule has 1 N–H and O–H groups in total. The van der Waals surface area contributed by atoms with Crippen LogP contribution in [-0.2, 0) is 0 Å². The Morgan fingerprint density at radius 2 is 2.00 bits per heavy atom. The van der Waals surface area contributed by atoms with Crippen molar-refractivity contribution in [2.75, 3.05) is 26.7 Å². The minimum Gasteiger partial charge on any atom is -0.317 e. The molecule has 0 spiro atoms. The fourth-order valence-corrected chi connectivity index (χ4v) is 4.03. The van der Waals surface area contributed by atoms with Gasteiger partial charge in [-0.3, -0.25) is 0 Å². The molecule has 0 radical (unpaired) electrons. The van der Waals surface area contributed by atoms with Gasteiger partial charge in [-0.25, -0.2) is 0 Å².